The van der Waals surface area contributed by atoms with E-state index in [2.05, 4.69) is 5.32 Å². The van der Waals surface area contributed by atoms with Crippen LogP contribution in [0.3, 0.4) is 0 Å². The van der Waals surface area contributed by atoms with Gasteiger partial charge in [-0.3, -0.25) is 9.59 Å². The minimum absolute atomic E-state index is 0.0459. The third kappa shape index (κ3) is 5.76. The van der Waals surface area contributed by atoms with Crippen molar-refractivity contribution in [3.8, 4) is 5.75 Å². The molecule has 0 aliphatic carbocycles. The third-order valence-corrected chi connectivity index (χ3v) is 4.82. The number of hydrogen-bond acceptors (Lipinski definition) is 3. The summed E-state index contributed by atoms with van der Waals surface area (Å²) in [6.07, 6.45) is 0. The van der Waals surface area contributed by atoms with Gasteiger partial charge in [0.05, 0.1) is 15.1 Å². The van der Waals surface area contributed by atoms with E-state index in [-0.39, 0.29) is 34.2 Å². The van der Waals surface area contributed by atoms with Gasteiger partial charge in [0.1, 0.15) is 5.75 Å². The number of rotatable bonds is 7. The smallest absolute Gasteiger partial charge is 0.262 e. The number of benzene rings is 2. The van der Waals surface area contributed by atoms with Crippen LogP contribution in [0, 0.1) is 0 Å². The number of hydrogen-bond donors (Lipinski definition) is 1. The van der Waals surface area contributed by atoms with Gasteiger partial charge in [0.25, 0.3) is 11.8 Å². The highest BCUT2D eigenvalue weighted by Crippen LogP contribution is 2.33. The molecular weight excluding hydrogens is 411 g/mol. The van der Waals surface area contributed by atoms with E-state index in [0.29, 0.717) is 29.4 Å². The summed E-state index contributed by atoms with van der Waals surface area (Å²) >= 11 is 17.8. The Bertz CT molecular complexity index is 822. The molecule has 0 saturated heterocycles. The van der Waals surface area contributed by atoms with Crippen LogP contribution in [0.4, 0.5) is 5.69 Å². The number of carbonyl (C=O) groups is 2. The fourth-order valence-corrected chi connectivity index (χ4v) is 2.94. The van der Waals surface area contributed by atoms with Gasteiger partial charge in [0, 0.05) is 30.4 Å². The molecular formula is C19H19Cl3N2O3. The largest absolute Gasteiger partial charge is 0.482 e. The fourth-order valence-electron chi connectivity index (χ4n) is 2.34. The van der Waals surface area contributed by atoms with Crippen LogP contribution in [0.2, 0.25) is 15.1 Å². The summed E-state index contributed by atoms with van der Waals surface area (Å²) in [5, 5.41) is 3.54. The van der Waals surface area contributed by atoms with Crippen molar-refractivity contribution in [3.05, 3.63) is 57.0 Å². The van der Waals surface area contributed by atoms with Crippen LogP contribution in [-0.4, -0.2) is 36.4 Å². The maximum atomic E-state index is 12.3. The predicted molar refractivity (Wildman–Crippen MR) is 109 cm³/mol. The van der Waals surface area contributed by atoms with Gasteiger partial charge in [0.15, 0.2) is 6.61 Å². The molecule has 0 aromatic heterocycles. The Morgan fingerprint density at radius 1 is 0.963 bits per heavy atom. The molecule has 0 atom stereocenters. The molecule has 2 aromatic rings. The van der Waals surface area contributed by atoms with E-state index < -0.39 is 0 Å². The van der Waals surface area contributed by atoms with Gasteiger partial charge < -0.3 is 15.0 Å². The molecule has 0 saturated carbocycles. The average molecular weight is 430 g/mol. The van der Waals surface area contributed by atoms with E-state index in [4.69, 9.17) is 39.5 Å². The number of anilines is 1. The standard InChI is InChI=1S/C19H19Cl3N2O3/c1-3-24(4-2)19(26)12-5-7-13(8-6-12)23-18(25)11-27-17-10-15(21)14(20)9-16(17)22/h5-10H,3-4,11H2,1-2H3,(H,23,25). The van der Waals surface area contributed by atoms with Gasteiger partial charge in [-0.1, -0.05) is 34.8 Å². The van der Waals surface area contributed by atoms with Crippen LogP contribution in [-0.2, 0) is 4.79 Å². The van der Waals surface area contributed by atoms with Crippen molar-refractivity contribution in [2.75, 3.05) is 25.0 Å². The van der Waals surface area contributed by atoms with Crippen LogP contribution in [0.5, 0.6) is 5.75 Å². The Hall–Kier alpha value is -1.95. The second kappa shape index (κ2) is 9.83. The van der Waals surface area contributed by atoms with Gasteiger partial charge >= 0.3 is 0 Å². The zero-order chi connectivity index (χ0) is 20.0. The molecule has 0 spiro atoms. The summed E-state index contributed by atoms with van der Waals surface area (Å²) in [5.74, 6) is -0.156. The topological polar surface area (TPSA) is 58.6 Å². The minimum atomic E-state index is -0.375. The van der Waals surface area contributed by atoms with E-state index in [0.717, 1.165) is 0 Å². The molecule has 1 N–H and O–H groups in total. The van der Waals surface area contributed by atoms with Crippen molar-refractivity contribution >= 4 is 52.3 Å². The van der Waals surface area contributed by atoms with Gasteiger partial charge in [-0.25, -0.2) is 0 Å². The van der Waals surface area contributed by atoms with Crippen molar-refractivity contribution in [1.29, 1.82) is 0 Å². The number of amides is 2. The molecule has 0 heterocycles. The fraction of sp³-hybridized carbons (Fsp3) is 0.263. The highest BCUT2D eigenvalue weighted by molar-refractivity contribution is 6.43. The number of halogens is 3. The molecule has 2 rings (SSSR count). The van der Waals surface area contributed by atoms with Crippen LogP contribution in [0.1, 0.15) is 24.2 Å². The van der Waals surface area contributed by atoms with Crippen LogP contribution >= 0.6 is 34.8 Å². The normalized spacial score (nSPS) is 10.4. The second-order valence-electron chi connectivity index (χ2n) is 5.59. The van der Waals surface area contributed by atoms with Crippen molar-refractivity contribution in [2.45, 2.75) is 13.8 Å². The lowest BCUT2D eigenvalue weighted by Gasteiger charge is -2.18. The average Bonchev–Trinajstić information content (AvgIpc) is 2.65. The molecule has 0 unspecified atom stereocenters. The number of ether oxygens (including phenoxy) is 1. The molecule has 0 aliphatic rings. The zero-order valence-corrected chi connectivity index (χ0v) is 17.2. The highest BCUT2D eigenvalue weighted by Gasteiger charge is 2.13. The lowest BCUT2D eigenvalue weighted by molar-refractivity contribution is -0.118. The van der Waals surface area contributed by atoms with Gasteiger partial charge in [-0.2, -0.15) is 0 Å². The summed E-state index contributed by atoms with van der Waals surface area (Å²) in [6.45, 7) is 4.88. The first-order chi connectivity index (χ1) is 12.8. The maximum absolute atomic E-state index is 12.3. The quantitative estimate of drug-likeness (QED) is 0.619. The van der Waals surface area contributed by atoms with Crippen molar-refractivity contribution < 1.29 is 14.3 Å². The molecule has 2 aromatic carbocycles. The second-order valence-corrected chi connectivity index (χ2v) is 6.81. The first kappa shape index (κ1) is 21.4. The highest BCUT2D eigenvalue weighted by atomic mass is 35.5. The molecule has 0 aliphatic heterocycles. The number of nitrogens with one attached hydrogen (secondary N) is 1. The van der Waals surface area contributed by atoms with E-state index in [9.17, 15) is 9.59 Å². The monoisotopic (exact) mass is 428 g/mol. The Balaban J connectivity index is 1.94. The lowest BCUT2D eigenvalue weighted by atomic mass is 10.2. The SMILES string of the molecule is CCN(CC)C(=O)c1ccc(NC(=O)COc2cc(Cl)c(Cl)cc2Cl)cc1. The first-order valence-corrected chi connectivity index (χ1v) is 9.45. The molecule has 0 bridgehead atoms. The summed E-state index contributed by atoms with van der Waals surface area (Å²) in [4.78, 5) is 26.0. The molecule has 0 radical (unpaired) electrons. The van der Waals surface area contributed by atoms with Crippen molar-refractivity contribution in [1.82, 2.24) is 4.90 Å². The van der Waals surface area contributed by atoms with E-state index >= 15 is 0 Å². The Labute approximate surface area is 173 Å². The van der Waals surface area contributed by atoms with Crippen molar-refractivity contribution in [3.63, 3.8) is 0 Å². The predicted octanol–water partition coefficient (Wildman–Crippen LogP) is 5.15. The van der Waals surface area contributed by atoms with E-state index in [1.54, 1.807) is 29.2 Å². The third-order valence-electron chi connectivity index (χ3n) is 3.80. The zero-order valence-electron chi connectivity index (χ0n) is 14.9. The summed E-state index contributed by atoms with van der Waals surface area (Å²) < 4.78 is 5.38. The Morgan fingerprint density at radius 3 is 2.15 bits per heavy atom. The number of carbonyl (C=O) groups excluding carboxylic acids is 2. The van der Waals surface area contributed by atoms with Crippen LogP contribution < -0.4 is 10.1 Å². The van der Waals surface area contributed by atoms with Gasteiger partial charge in [0.2, 0.25) is 0 Å². The molecule has 144 valence electrons. The molecule has 0 fully saturated rings. The molecule has 8 heteroatoms. The summed E-state index contributed by atoms with van der Waals surface area (Å²) in [5.41, 5.74) is 1.12. The van der Waals surface area contributed by atoms with Crippen molar-refractivity contribution in [2.24, 2.45) is 0 Å². The minimum Gasteiger partial charge on any atom is -0.482 e. The summed E-state index contributed by atoms with van der Waals surface area (Å²) in [6, 6.07) is 9.58. The van der Waals surface area contributed by atoms with E-state index in [1.807, 2.05) is 13.8 Å². The molecule has 27 heavy (non-hydrogen) atoms. The van der Waals surface area contributed by atoms with Crippen LogP contribution in [0.15, 0.2) is 36.4 Å². The molecule has 5 nitrogen and oxygen atoms in total. The Kier molecular flexibility index (Phi) is 7.78. The summed E-state index contributed by atoms with van der Waals surface area (Å²) in [7, 11) is 0. The van der Waals surface area contributed by atoms with Gasteiger partial charge in [-0.15, -0.1) is 0 Å². The Morgan fingerprint density at radius 2 is 1.56 bits per heavy atom. The van der Waals surface area contributed by atoms with E-state index in [1.165, 1.54) is 12.1 Å². The number of nitrogens with zero attached hydrogens (tertiary/aromatic N) is 1. The lowest BCUT2D eigenvalue weighted by Crippen LogP contribution is -2.30. The van der Waals surface area contributed by atoms with Crippen LogP contribution in [0.25, 0.3) is 0 Å². The van der Waals surface area contributed by atoms with Gasteiger partial charge in [-0.05, 0) is 44.2 Å². The first-order valence-electron chi connectivity index (χ1n) is 8.32. The maximum Gasteiger partial charge on any atom is 0.262 e. The molecule has 2 amide bonds.